The first kappa shape index (κ1) is 17.2. The predicted octanol–water partition coefficient (Wildman–Crippen LogP) is 5.48. The summed E-state index contributed by atoms with van der Waals surface area (Å²) in [4.78, 5) is 17.1. The van der Waals surface area contributed by atoms with E-state index in [-0.39, 0.29) is 5.24 Å². The van der Waals surface area contributed by atoms with Crippen molar-refractivity contribution in [3.63, 3.8) is 0 Å². The van der Waals surface area contributed by atoms with E-state index in [9.17, 15) is 4.79 Å². The van der Waals surface area contributed by atoms with E-state index in [2.05, 4.69) is 10.3 Å². The summed E-state index contributed by atoms with van der Waals surface area (Å²) in [6.45, 7) is 0. The summed E-state index contributed by atoms with van der Waals surface area (Å²) >= 11 is 1.10. The molecule has 5 nitrogen and oxygen atoms in total. The number of furan rings is 1. The van der Waals surface area contributed by atoms with Gasteiger partial charge in [-0.25, -0.2) is 4.99 Å². The third-order valence-corrected chi connectivity index (χ3v) is 4.75. The van der Waals surface area contributed by atoms with Crippen LogP contribution >= 0.6 is 11.8 Å². The zero-order chi connectivity index (χ0) is 18.6. The van der Waals surface area contributed by atoms with Gasteiger partial charge in [-0.2, -0.15) is 0 Å². The molecule has 1 saturated heterocycles. The molecule has 134 valence electrons. The number of amides is 1. The maximum atomic E-state index is 11.9. The van der Waals surface area contributed by atoms with Crippen molar-refractivity contribution in [2.75, 3.05) is 7.11 Å². The van der Waals surface area contributed by atoms with Gasteiger partial charge in [0.1, 0.15) is 23.1 Å². The first-order valence-corrected chi connectivity index (χ1v) is 9.12. The van der Waals surface area contributed by atoms with Crippen LogP contribution in [0.25, 0.3) is 17.4 Å². The van der Waals surface area contributed by atoms with E-state index in [0.717, 1.165) is 34.5 Å². The highest BCUT2D eigenvalue weighted by molar-refractivity contribution is 8.18. The van der Waals surface area contributed by atoms with E-state index in [4.69, 9.17) is 9.15 Å². The van der Waals surface area contributed by atoms with Crippen LogP contribution in [0.1, 0.15) is 5.76 Å². The van der Waals surface area contributed by atoms with Crippen molar-refractivity contribution in [2.45, 2.75) is 0 Å². The van der Waals surface area contributed by atoms with Crippen molar-refractivity contribution in [3.8, 4) is 17.1 Å². The van der Waals surface area contributed by atoms with Crippen molar-refractivity contribution < 1.29 is 13.9 Å². The number of ether oxygens (including phenoxy) is 1. The fraction of sp³-hybridized carbons (Fsp3) is 0.0476. The van der Waals surface area contributed by atoms with Crippen molar-refractivity contribution in [1.82, 2.24) is 5.32 Å². The number of hydrogen-bond acceptors (Lipinski definition) is 5. The summed E-state index contributed by atoms with van der Waals surface area (Å²) in [5, 5.41) is 2.61. The minimum absolute atomic E-state index is 0.164. The molecule has 0 atom stereocenters. The second kappa shape index (κ2) is 7.55. The molecule has 27 heavy (non-hydrogen) atoms. The lowest BCUT2D eigenvalue weighted by Gasteiger charge is -2.01. The Hall–Kier alpha value is -3.25. The summed E-state index contributed by atoms with van der Waals surface area (Å²) in [5.41, 5.74) is 1.73. The molecule has 4 rings (SSSR count). The predicted molar refractivity (Wildman–Crippen MR) is 108 cm³/mol. The van der Waals surface area contributed by atoms with Crippen LogP contribution in [-0.2, 0) is 0 Å². The lowest BCUT2D eigenvalue weighted by atomic mass is 10.2. The molecule has 0 aliphatic carbocycles. The van der Waals surface area contributed by atoms with E-state index in [0.29, 0.717) is 16.5 Å². The Labute approximate surface area is 160 Å². The minimum atomic E-state index is -0.164. The summed E-state index contributed by atoms with van der Waals surface area (Å²) < 4.78 is 11.0. The molecule has 0 bridgehead atoms. The van der Waals surface area contributed by atoms with Crippen LogP contribution in [0.5, 0.6) is 5.75 Å². The van der Waals surface area contributed by atoms with Gasteiger partial charge in [0.05, 0.1) is 17.7 Å². The number of benzene rings is 2. The van der Waals surface area contributed by atoms with E-state index in [1.807, 2.05) is 72.8 Å². The number of nitrogens with zero attached hydrogens (tertiary/aromatic N) is 1. The van der Waals surface area contributed by atoms with Gasteiger partial charge in [0.2, 0.25) is 0 Å². The quantitative estimate of drug-likeness (QED) is 0.655. The Bertz CT molecular complexity index is 1020. The molecule has 2 aromatic carbocycles. The zero-order valence-corrected chi connectivity index (χ0v) is 15.3. The van der Waals surface area contributed by atoms with Gasteiger partial charge in [-0.15, -0.1) is 0 Å². The molecule has 1 fully saturated rings. The maximum absolute atomic E-state index is 11.9. The Morgan fingerprint density at radius 2 is 1.81 bits per heavy atom. The van der Waals surface area contributed by atoms with E-state index >= 15 is 0 Å². The Morgan fingerprint density at radius 3 is 2.56 bits per heavy atom. The van der Waals surface area contributed by atoms with Crippen LogP contribution in [0.15, 0.2) is 81.0 Å². The molecule has 6 heteroatoms. The summed E-state index contributed by atoms with van der Waals surface area (Å²) in [6.07, 6.45) is 1.82. The monoisotopic (exact) mass is 376 g/mol. The maximum Gasteiger partial charge on any atom is 0.289 e. The molecule has 0 saturated carbocycles. The SMILES string of the molecule is COc1ccc(N=C2NC(=O)SC2=Cc2ccc(-c3ccccc3)o2)cc1. The number of thioether (sulfide) groups is 1. The van der Waals surface area contributed by atoms with Crippen LogP contribution < -0.4 is 10.1 Å². The smallest absolute Gasteiger partial charge is 0.289 e. The first-order valence-electron chi connectivity index (χ1n) is 8.30. The van der Waals surface area contributed by atoms with Crippen LogP contribution in [0.4, 0.5) is 10.5 Å². The summed E-state index contributed by atoms with van der Waals surface area (Å²) in [7, 11) is 1.61. The Balaban J connectivity index is 1.62. The highest BCUT2D eigenvalue weighted by Gasteiger charge is 2.24. The lowest BCUT2D eigenvalue weighted by Crippen LogP contribution is -2.18. The number of nitrogens with one attached hydrogen (secondary N) is 1. The van der Waals surface area contributed by atoms with Gasteiger partial charge in [0.25, 0.3) is 5.24 Å². The third kappa shape index (κ3) is 3.96. The number of methoxy groups -OCH3 is 1. The van der Waals surface area contributed by atoms with E-state index < -0.39 is 0 Å². The van der Waals surface area contributed by atoms with Gasteiger partial charge >= 0.3 is 0 Å². The fourth-order valence-corrected chi connectivity index (χ4v) is 3.33. The molecular weight excluding hydrogens is 360 g/mol. The number of carbonyl (C=O) groups excluding carboxylic acids is 1. The average molecular weight is 376 g/mol. The van der Waals surface area contributed by atoms with E-state index in [1.165, 1.54) is 0 Å². The molecule has 0 unspecified atom stereocenters. The Kier molecular flexibility index (Phi) is 4.80. The molecule has 1 amide bonds. The van der Waals surface area contributed by atoms with Gasteiger partial charge < -0.3 is 14.5 Å². The van der Waals surface area contributed by atoms with Gasteiger partial charge in [-0.3, -0.25) is 4.79 Å². The minimum Gasteiger partial charge on any atom is -0.497 e. The Morgan fingerprint density at radius 1 is 1.04 bits per heavy atom. The first-order chi connectivity index (χ1) is 13.2. The fourth-order valence-electron chi connectivity index (χ4n) is 2.62. The van der Waals surface area contributed by atoms with Crippen LogP contribution in [0.2, 0.25) is 0 Å². The molecule has 0 spiro atoms. The molecular formula is C21H16N2O3S. The van der Waals surface area contributed by atoms with E-state index in [1.54, 1.807) is 7.11 Å². The molecule has 1 aliphatic rings. The summed E-state index contributed by atoms with van der Waals surface area (Å²) in [5.74, 6) is 2.70. The number of aliphatic imine (C=N–C) groups is 1. The largest absolute Gasteiger partial charge is 0.497 e. The van der Waals surface area contributed by atoms with Gasteiger partial charge in [-0.1, -0.05) is 30.3 Å². The molecule has 0 radical (unpaired) electrons. The number of hydrogen-bond donors (Lipinski definition) is 1. The van der Waals surface area contributed by atoms with Gasteiger partial charge in [0, 0.05) is 5.56 Å². The van der Waals surface area contributed by atoms with Crippen molar-refractivity contribution in [3.05, 3.63) is 77.4 Å². The van der Waals surface area contributed by atoms with Crippen LogP contribution in [0.3, 0.4) is 0 Å². The third-order valence-electron chi connectivity index (χ3n) is 3.93. The highest BCUT2D eigenvalue weighted by atomic mass is 32.2. The second-order valence-electron chi connectivity index (χ2n) is 5.75. The summed E-state index contributed by atoms with van der Waals surface area (Å²) in [6, 6.07) is 21.0. The van der Waals surface area contributed by atoms with Crippen molar-refractivity contribution in [1.29, 1.82) is 0 Å². The standard InChI is InChI=1S/C21H16N2O3S/c1-25-16-9-7-15(8-10-16)22-20-19(27-21(24)23-20)13-17-11-12-18(26-17)14-5-3-2-4-6-14/h2-13H,1H3,(H,22,23,24). The topological polar surface area (TPSA) is 63.8 Å². The van der Waals surface area contributed by atoms with Crippen LogP contribution in [0, 0.1) is 0 Å². The normalized spacial score (nSPS) is 16.7. The zero-order valence-electron chi connectivity index (χ0n) is 14.5. The highest BCUT2D eigenvalue weighted by Crippen LogP contribution is 2.30. The molecule has 2 heterocycles. The number of rotatable bonds is 4. The van der Waals surface area contributed by atoms with Crippen molar-refractivity contribution >= 4 is 34.6 Å². The molecule has 3 aromatic rings. The molecule has 1 aromatic heterocycles. The second-order valence-corrected chi connectivity index (χ2v) is 6.76. The number of amidine groups is 1. The molecule has 1 aliphatic heterocycles. The van der Waals surface area contributed by atoms with Crippen LogP contribution in [-0.4, -0.2) is 18.2 Å². The molecule has 1 N–H and O–H groups in total. The average Bonchev–Trinajstić information content (AvgIpc) is 3.30. The number of carbonyl (C=O) groups is 1. The van der Waals surface area contributed by atoms with Gasteiger partial charge in [0.15, 0.2) is 0 Å². The van der Waals surface area contributed by atoms with Gasteiger partial charge in [-0.05, 0) is 54.2 Å². The van der Waals surface area contributed by atoms with Crippen molar-refractivity contribution in [2.24, 2.45) is 4.99 Å². The lowest BCUT2D eigenvalue weighted by molar-refractivity contribution is 0.265.